The Kier molecular flexibility index (Phi) is 6.04. The van der Waals surface area contributed by atoms with Gasteiger partial charge in [-0.3, -0.25) is 10.1 Å². The van der Waals surface area contributed by atoms with E-state index < -0.39 is 23.8 Å². The molecule has 0 saturated carbocycles. The number of aliphatic carboxylic acids is 1. The zero-order chi connectivity index (χ0) is 20.3. The van der Waals surface area contributed by atoms with E-state index in [1.807, 2.05) is 6.07 Å². The summed E-state index contributed by atoms with van der Waals surface area (Å²) in [7, 11) is 1.49. The number of hydrogen-bond acceptors (Lipinski definition) is 5. The Bertz CT molecular complexity index is 859. The highest BCUT2D eigenvalue weighted by molar-refractivity contribution is 7.99. The average molecular weight is 413 g/mol. The largest absolute Gasteiger partial charge is 0.496 e. The van der Waals surface area contributed by atoms with Crippen molar-refractivity contribution in [3.63, 3.8) is 0 Å². The monoisotopic (exact) mass is 413 g/mol. The molecular formula is C19H18F3NO4S. The third-order valence-corrected chi connectivity index (χ3v) is 5.51. The van der Waals surface area contributed by atoms with Crippen LogP contribution in [0.25, 0.3) is 0 Å². The smallest absolute Gasteiger partial charge is 0.416 e. The summed E-state index contributed by atoms with van der Waals surface area (Å²) in [5.74, 6) is 0.175. The van der Waals surface area contributed by atoms with Crippen LogP contribution in [0.2, 0.25) is 0 Å². The van der Waals surface area contributed by atoms with E-state index >= 15 is 0 Å². The first kappa shape index (κ1) is 20.3. The first-order valence-electron chi connectivity index (χ1n) is 8.35. The number of carbonyl (C=O) groups is 1. The zero-order valence-electron chi connectivity index (χ0n) is 14.8. The Hall–Kier alpha value is -2.39. The number of carboxylic acids is 1. The van der Waals surface area contributed by atoms with Gasteiger partial charge in [-0.1, -0.05) is 12.1 Å². The minimum Gasteiger partial charge on any atom is -0.496 e. The summed E-state index contributed by atoms with van der Waals surface area (Å²) in [5.41, 5.74) is 0.716. The molecule has 1 heterocycles. The van der Waals surface area contributed by atoms with Crippen LogP contribution in [0, 0.1) is 0 Å². The molecule has 2 aromatic rings. The van der Waals surface area contributed by atoms with Crippen LogP contribution in [0.3, 0.4) is 0 Å². The van der Waals surface area contributed by atoms with Crippen molar-refractivity contribution in [2.24, 2.45) is 0 Å². The van der Waals surface area contributed by atoms with Crippen LogP contribution in [0.4, 0.5) is 13.2 Å². The first-order chi connectivity index (χ1) is 13.3. The number of ether oxygens (including phenoxy) is 2. The predicted molar refractivity (Wildman–Crippen MR) is 98.5 cm³/mol. The summed E-state index contributed by atoms with van der Waals surface area (Å²) >= 11 is 1.47. The quantitative estimate of drug-likeness (QED) is 0.744. The molecule has 0 bridgehead atoms. The Morgan fingerprint density at radius 2 is 2.07 bits per heavy atom. The van der Waals surface area contributed by atoms with Gasteiger partial charge in [-0.05, 0) is 35.9 Å². The molecule has 1 aliphatic heterocycles. The Balaban J connectivity index is 1.75. The van der Waals surface area contributed by atoms with Gasteiger partial charge in [0.1, 0.15) is 24.1 Å². The van der Waals surface area contributed by atoms with Gasteiger partial charge in [0.05, 0.1) is 18.0 Å². The Labute approximate surface area is 163 Å². The van der Waals surface area contributed by atoms with E-state index in [2.05, 4.69) is 5.32 Å². The van der Waals surface area contributed by atoms with Crippen molar-refractivity contribution in [2.45, 2.75) is 24.2 Å². The molecule has 0 radical (unpaired) electrons. The lowest BCUT2D eigenvalue weighted by Crippen LogP contribution is -2.33. The van der Waals surface area contributed by atoms with Gasteiger partial charge in [0.2, 0.25) is 0 Å². The minimum absolute atomic E-state index is 0.0120. The number of carboxylic acid groups (broad SMARTS) is 1. The van der Waals surface area contributed by atoms with Crippen molar-refractivity contribution in [1.82, 2.24) is 5.32 Å². The number of thioether (sulfide) groups is 1. The van der Waals surface area contributed by atoms with E-state index in [9.17, 15) is 18.0 Å². The fraction of sp³-hybridized carbons (Fsp3) is 0.316. The molecule has 2 aromatic carbocycles. The van der Waals surface area contributed by atoms with Crippen molar-refractivity contribution < 1.29 is 32.5 Å². The van der Waals surface area contributed by atoms with E-state index in [4.69, 9.17) is 14.6 Å². The van der Waals surface area contributed by atoms with Crippen LogP contribution < -0.4 is 14.8 Å². The van der Waals surface area contributed by atoms with Crippen LogP contribution in [0.1, 0.15) is 22.1 Å². The maximum atomic E-state index is 12.8. The van der Waals surface area contributed by atoms with E-state index in [1.165, 1.54) is 31.0 Å². The second-order valence-corrected chi connectivity index (χ2v) is 7.29. The van der Waals surface area contributed by atoms with Crippen LogP contribution in [-0.4, -0.2) is 30.0 Å². The molecule has 0 unspecified atom stereocenters. The summed E-state index contributed by atoms with van der Waals surface area (Å²) in [4.78, 5) is 11.1. The zero-order valence-corrected chi connectivity index (χ0v) is 15.6. The standard InChI is InChI=1S/C19H18F3NO4S/c1-26-16-6-5-11(17-23-15(10-28-17)18(24)25)7-12(16)9-27-14-4-2-3-13(8-14)19(20,21)22/h2-8,15,17,23H,9-10H2,1H3,(H,24,25)/t15-,17-/m0/s1. The Morgan fingerprint density at radius 1 is 1.29 bits per heavy atom. The SMILES string of the molecule is COc1ccc([C@H]2N[C@H](C(=O)O)CS2)cc1COc1cccc(C(F)(F)F)c1. The van der Waals surface area contributed by atoms with Gasteiger partial charge in [-0.25, -0.2) is 0 Å². The van der Waals surface area contributed by atoms with Crippen molar-refractivity contribution >= 4 is 17.7 Å². The summed E-state index contributed by atoms with van der Waals surface area (Å²) in [6.07, 6.45) is -4.44. The van der Waals surface area contributed by atoms with Crippen molar-refractivity contribution in [1.29, 1.82) is 0 Å². The number of alkyl halides is 3. The first-order valence-corrected chi connectivity index (χ1v) is 9.40. The predicted octanol–water partition coefficient (Wildman–Crippen LogP) is 4.08. The summed E-state index contributed by atoms with van der Waals surface area (Å²) in [6, 6.07) is 9.41. The molecule has 0 spiro atoms. The molecule has 2 N–H and O–H groups in total. The molecule has 150 valence electrons. The van der Waals surface area contributed by atoms with Crippen molar-refractivity contribution in [3.8, 4) is 11.5 Å². The third-order valence-electron chi connectivity index (χ3n) is 4.24. The number of benzene rings is 2. The van der Waals surface area contributed by atoms with Crippen molar-refractivity contribution in [3.05, 3.63) is 59.2 Å². The fourth-order valence-electron chi connectivity index (χ4n) is 2.80. The minimum atomic E-state index is -4.44. The maximum Gasteiger partial charge on any atom is 0.416 e. The van der Waals surface area contributed by atoms with E-state index in [0.29, 0.717) is 17.1 Å². The third kappa shape index (κ3) is 4.71. The van der Waals surface area contributed by atoms with Crippen LogP contribution in [0.15, 0.2) is 42.5 Å². The maximum absolute atomic E-state index is 12.8. The van der Waals surface area contributed by atoms with Gasteiger partial charge in [-0.15, -0.1) is 11.8 Å². The molecule has 28 heavy (non-hydrogen) atoms. The molecule has 9 heteroatoms. The highest BCUT2D eigenvalue weighted by Gasteiger charge is 2.31. The molecule has 0 amide bonds. The van der Waals surface area contributed by atoms with Gasteiger partial charge < -0.3 is 14.6 Å². The molecule has 2 atom stereocenters. The molecule has 3 rings (SSSR count). The highest BCUT2D eigenvalue weighted by Crippen LogP contribution is 2.36. The molecule has 1 saturated heterocycles. The van der Waals surface area contributed by atoms with Gasteiger partial charge in [-0.2, -0.15) is 13.2 Å². The van der Waals surface area contributed by atoms with E-state index in [0.717, 1.165) is 17.7 Å². The second kappa shape index (κ2) is 8.32. The molecule has 1 fully saturated rings. The normalized spacial score (nSPS) is 19.4. The van der Waals surface area contributed by atoms with Crippen LogP contribution in [-0.2, 0) is 17.6 Å². The fourth-order valence-corrected chi connectivity index (χ4v) is 4.03. The highest BCUT2D eigenvalue weighted by atomic mass is 32.2. The lowest BCUT2D eigenvalue weighted by Gasteiger charge is -2.16. The Morgan fingerprint density at radius 3 is 2.71 bits per heavy atom. The van der Waals surface area contributed by atoms with Gasteiger partial charge in [0.25, 0.3) is 0 Å². The summed E-state index contributed by atoms with van der Waals surface area (Å²) < 4.78 is 49.4. The average Bonchev–Trinajstić information content (AvgIpc) is 3.16. The number of rotatable bonds is 6. The van der Waals surface area contributed by atoms with Gasteiger partial charge in [0, 0.05) is 11.3 Å². The summed E-state index contributed by atoms with van der Waals surface area (Å²) in [5, 5.41) is 11.9. The number of hydrogen-bond donors (Lipinski definition) is 2. The number of methoxy groups -OCH3 is 1. The number of halogens is 3. The molecular weight excluding hydrogens is 395 g/mol. The summed E-state index contributed by atoms with van der Waals surface area (Å²) in [6.45, 7) is 0.0120. The topological polar surface area (TPSA) is 67.8 Å². The lowest BCUT2D eigenvalue weighted by molar-refractivity contribution is -0.139. The molecule has 0 aliphatic carbocycles. The number of nitrogens with one attached hydrogen (secondary N) is 1. The lowest BCUT2D eigenvalue weighted by atomic mass is 10.1. The molecule has 5 nitrogen and oxygen atoms in total. The second-order valence-electron chi connectivity index (χ2n) is 6.16. The molecule has 1 aliphatic rings. The van der Waals surface area contributed by atoms with Crippen molar-refractivity contribution in [2.75, 3.05) is 12.9 Å². The van der Waals surface area contributed by atoms with E-state index in [-0.39, 0.29) is 17.7 Å². The molecule has 0 aromatic heterocycles. The van der Waals surface area contributed by atoms with E-state index in [1.54, 1.807) is 12.1 Å². The van der Waals surface area contributed by atoms with Crippen LogP contribution >= 0.6 is 11.8 Å². The van der Waals surface area contributed by atoms with Gasteiger partial charge in [0.15, 0.2) is 0 Å². The van der Waals surface area contributed by atoms with Gasteiger partial charge >= 0.3 is 12.1 Å². The van der Waals surface area contributed by atoms with Crippen LogP contribution in [0.5, 0.6) is 11.5 Å².